The van der Waals surface area contributed by atoms with Crippen molar-refractivity contribution >= 4 is 34.9 Å². The lowest BCUT2D eigenvalue weighted by Crippen LogP contribution is -2.47. The van der Waals surface area contributed by atoms with Gasteiger partial charge in [0.15, 0.2) is 0 Å². The number of hydrogen-bond acceptors (Lipinski definition) is 3. The number of nitrogens with one attached hydrogen (secondary N) is 1. The first kappa shape index (κ1) is 14.8. The molecule has 28 heavy (non-hydrogen) atoms. The molecular formula is C21H32Cl2N4O. The number of anilines is 1. The van der Waals surface area contributed by atoms with Gasteiger partial charge in [0.1, 0.15) is 0 Å². The highest BCUT2D eigenvalue weighted by molar-refractivity contribution is 6.43. The van der Waals surface area contributed by atoms with Crippen LogP contribution in [0.5, 0.6) is 0 Å². The van der Waals surface area contributed by atoms with Gasteiger partial charge in [0, 0.05) is 54.4 Å². The Bertz CT molecular complexity index is 824. The summed E-state index contributed by atoms with van der Waals surface area (Å²) in [7, 11) is 0. The van der Waals surface area contributed by atoms with E-state index in [9.17, 15) is 4.79 Å². The average molecular weight is 433 g/mol. The first-order chi connectivity index (χ1) is 15.9. The van der Waals surface area contributed by atoms with Crippen molar-refractivity contribution in [2.24, 2.45) is 5.92 Å². The van der Waals surface area contributed by atoms with Gasteiger partial charge in [0.2, 0.25) is 0 Å². The maximum atomic E-state index is 12.4. The average Bonchev–Trinajstić information content (AvgIpc) is 2.73. The van der Waals surface area contributed by atoms with E-state index in [4.69, 9.17) is 31.4 Å². The van der Waals surface area contributed by atoms with Gasteiger partial charge in [-0.25, -0.2) is 4.79 Å². The first-order valence-corrected chi connectivity index (χ1v) is 10.6. The Morgan fingerprint density at radius 3 is 2.57 bits per heavy atom. The van der Waals surface area contributed by atoms with Crippen molar-refractivity contribution in [3.63, 3.8) is 0 Å². The van der Waals surface area contributed by atoms with E-state index in [0.29, 0.717) is 28.8 Å². The summed E-state index contributed by atoms with van der Waals surface area (Å²) in [5, 5.41) is 3.78. The number of piperazine rings is 1. The van der Waals surface area contributed by atoms with E-state index < -0.39 is 20.0 Å². The Kier molecular flexibility index (Phi) is 5.29. The maximum absolute atomic E-state index is 12.4. The molecular weight excluding hydrogens is 395 g/mol. The van der Waals surface area contributed by atoms with Crippen molar-refractivity contribution in [3.05, 3.63) is 28.2 Å². The number of carbonyl (C=O) groups is 1. The van der Waals surface area contributed by atoms with E-state index >= 15 is 0 Å². The van der Waals surface area contributed by atoms with E-state index in [0.717, 1.165) is 57.7 Å². The summed E-state index contributed by atoms with van der Waals surface area (Å²) in [5.41, 5.74) is 0.977. The molecule has 1 saturated carbocycles. The van der Waals surface area contributed by atoms with Crippen molar-refractivity contribution in [2.45, 2.75) is 38.1 Å². The van der Waals surface area contributed by atoms with Gasteiger partial charge in [-0.1, -0.05) is 29.3 Å². The van der Waals surface area contributed by atoms with Crippen LogP contribution in [0.2, 0.25) is 10.0 Å². The minimum Gasteiger partial charge on any atom is -0.368 e. The Morgan fingerprint density at radius 2 is 1.89 bits per heavy atom. The van der Waals surface area contributed by atoms with E-state index in [1.807, 2.05) is 12.1 Å². The fraction of sp³-hybridized carbons (Fsp3) is 0.667. The maximum Gasteiger partial charge on any atom is 0.317 e. The molecule has 2 fully saturated rings. The Morgan fingerprint density at radius 1 is 1.18 bits per heavy atom. The molecule has 0 aromatic heterocycles. The number of halogens is 2. The Balaban J connectivity index is 1.39. The molecule has 1 aromatic carbocycles. The fourth-order valence-electron chi connectivity index (χ4n) is 4.15. The zero-order valence-corrected chi connectivity index (χ0v) is 17.5. The van der Waals surface area contributed by atoms with Crippen LogP contribution in [-0.2, 0) is 0 Å². The van der Waals surface area contributed by atoms with Gasteiger partial charge in [-0.2, -0.15) is 0 Å². The Labute approximate surface area is 187 Å². The quantitative estimate of drug-likeness (QED) is 0.751. The van der Waals surface area contributed by atoms with Crippen molar-refractivity contribution < 1.29 is 13.0 Å². The second kappa shape index (κ2) is 10.0. The van der Waals surface area contributed by atoms with Gasteiger partial charge < -0.3 is 15.1 Å². The molecule has 7 heteroatoms. The molecule has 1 N–H and O–H groups in total. The topological polar surface area (TPSA) is 38.8 Å². The highest BCUT2D eigenvalue weighted by Gasteiger charge is 2.24. The van der Waals surface area contributed by atoms with Crippen LogP contribution in [-0.4, -0.2) is 68.5 Å². The zero-order valence-electron chi connectivity index (χ0n) is 22.0. The molecule has 1 aliphatic heterocycles. The third-order valence-corrected chi connectivity index (χ3v) is 6.68. The largest absolute Gasteiger partial charge is 0.368 e. The number of benzene rings is 1. The number of rotatable bonds is 5. The monoisotopic (exact) mass is 432 g/mol. The van der Waals surface area contributed by atoms with E-state index in [-0.39, 0.29) is 10.9 Å². The summed E-state index contributed by atoms with van der Waals surface area (Å²) in [5.74, 6) is 0.537. The van der Waals surface area contributed by atoms with Crippen LogP contribution in [0.3, 0.4) is 0 Å². The van der Waals surface area contributed by atoms with Crippen LogP contribution in [0, 0.1) is 5.92 Å². The zero-order chi connectivity index (χ0) is 25.1. The molecule has 1 aromatic rings. The molecule has 3 rings (SSSR count). The SMILES string of the molecule is [2H]C([2H])([2H])N(C(=O)NC1CCC(CCN2CCN(c3cccc(Cl)c3Cl)CC2)CC1)C([2H])([2H])[2H]. The summed E-state index contributed by atoms with van der Waals surface area (Å²) in [6.45, 7) is -1.35. The predicted octanol–water partition coefficient (Wildman–Crippen LogP) is 4.34. The summed E-state index contributed by atoms with van der Waals surface area (Å²) >= 11 is 12.5. The van der Waals surface area contributed by atoms with Crippen LogP contribution < -0.4 is 10.2 Å². The molecule has 2 amide bonds. The van der Waals surface area contributed by atoms with Crippen LogP contribution in [0.25, 0.3) is 0 Å². The third-order valence-electron chi connectivity index (χ3n) is 5.88. The molecule has 0 unspecified atom stereocenters. The number of hydrogen-bond donors (Lipinski definition) is 1. The van der Waals surface area contributed by atoms with Crippen LogP contribution >= 0.6 is 23.2 Å². The molecule has 0 atom stereocenters. The van der Waals surface area contributed by atoms with Crippen molar-refractivity contribution in [1.29, 1.82) is 0 Å². The van der Waals surface area contributed by atoms with Gasteiger partial charge in [-0.3, -0.25) is 4.90 Å². The second-order valence-electron chi connectivity index (χ2n) is 7.69. The molecule has 5 nitrogen and oxygen atoms in total. The predicted molar refractivity (Wildman–Crippen MR) is 118 cm³/mol. The van der Waals surface area contributed by atoms with Crippen LogP contribution in [0.15, 0.2) is 18.2 Å². The summed E-state index contributed by atoms with van der Waals surface area (Å²) < 4.78 is 44.3. The normalized spacial score (nSPS) is 27.6. The minimum absolute atomic E-state index is 0.0116. The van der Waals surface area contributed by atoms with Gasteiger partial charge in [0.05, 0.1) is 15.7 Å². The third kappa shape index (κ3) is 5.68. The molecule has 0 radical (unpaired) electrons. The number of amides is 2. The van der Waals surface area contributed by atoms with Crippen molar-refractivity contribution in [2.75, 3.05) is 51.6 Å². The molecule has 1 heterocycles. The lowest BCUT2D eigenvalue weighted by molar-refractivity contribution is 0.194. The molecule has 2 aliphatic rings. The molecule has 156 valence electrons. The molecule has 0 spiro atoms. The molecule has 1 aliphatic carbocycles. The van der Waals surface area contributed by atoms with E-state index in [2.05, 4.69) is 15.1 Å². The number of urea groups is 1. The standard InChI is InChI=1S/C21H32Cl2N4O/c1-25(2)21(28)24-17-8-6-16(7-9-17)10-11-26-12-14-27(15-13-26)19-5-3-4-18(22)20(19)23/h3-5,16-17H,6-15H2,1-2H3,(H,24,28)/i1D3,2D3. The van der Waals surface area contributed by atoms with Gasteiger partial charge >= 0.3 is 6.03 Å². The van der Waals surface area contributed by atoms with Gasteiger partial charge in [-0.15, -0.1) is 0 Å². The minimum atomic E-state index is -3.02. The summed E-state index contributed by atoms with van der Waals surface area (Å²) in [6.07, 6.45) is 4.34. The number of carbonyl (C=O) groups excluding carboxylic acids is 1. The number of nitrogens with zero attached hydrogens (tertiary/aromatic N) is 3. The highest BCUT2D eigenvalue weighted by Crippen LogP contribution is 2.33. The van der Waals surface area contributed by atoms with Crippen molar-refractivity contribution in [3.8, 4) is 0 Å². The van der Waals surface area contributed by atoms with Crippen LogP contribution in [0.4, 0.5) is 10.5 Å². The van der Waals surface area contributed by atoms with E-state index in [1.54, 1.807) is 6.07 Å². The summed E-state index contributed by atoms with van der Waals surface area (Å²) in [4.78, 5) is 17.1. The van der Waals surface area contributed by atoms with E-state index in [1.165, 1.54) is 0 Å². The lowest BCUT2D eigenvalue weighted by Gasteiger charge is -2.37. The lowest BCUT2D eigenvalue weighted by atomic mass is 9.84. The van der Waals surface area contributed by atoms with Gasteiger partial charge in [-0.05, 0) is 56.7 Å². The summed E-state index contributed by atoms with van der Waals surface area (Å²) in [6, 6.07) is 4.44. The fourth-order valence-corrected chi connectivity index (χ4v) is 4.56. The second-order valence-corrected chi connectivity index (χ2v) is 8.48. The van der Waals surface area contributed by atoms with Gasteiger partial charge in [0.25, 0.3) is 0 Å². The first-order valence-electron chi connectivity index (χ1n) is 12.9. The molecule has 0 bridgehead atoms. The van der Waals surface area contributed by atoms with Crippen LogP contribution in [0.1, 0.15) is 40.3 Å². The van der Waals surface area contributed by atoms with Crippen molar-refractivity contribution in [1.82, 2.24) is 15.1 Å². The smallest absolute Gasteiger partial charge is 0.317 e. The Hall–Kier alpha value is -1.17. The molecule has 1 saturated heterocycles. The highest BCUT2D eigenvalue weighted by atomic mass is 35.5.